The highest BCUT2D eigenvalue weighted by atomic mass is 16.5. The van der Waals surface area contributed by atoms with Gasteiger partial charge < -0.3 is 19.4 Å². The summed E-state index contributed by atoms with van der Waals surface area (Å²) in [6.07, 6.45) is 7.77. The van der Waals surface area contributed by atoms with Crippen LogP contribution in [-0.4, -0.2) is 50.8 Å². The minimum Gasteiger partial charge on any atom is -0.469 e. The van der Waals surface area contributed by atoms with Crippen molar-refractivity contribution in [2.45, 2.75) is 25.7 Å². The van der Waals surface area contributed by atoms with Crippen LogP contribution in [0.2, 0.25) is 0 Å². The normalized spacial score (nSPS) is 18.1. The number of aliphatic imine (C=N–C) groups is 1. The van der Waals surface area contributed by atoms with Gasteiger partial charge in [-0.2, -0.15) is 0 Å². The number of hydrogen-bond acceptors (Lipinski definition) is 3. The van der Waals surface area contributed by atoms with E-state index in [0.29, 0.717) is 5.92 Å². The third kappa shape index (κ3) is 6.48. The number of guanidine groups is 1. The zero-order valence-electron chi connectivity index (χ0n) is 14.2. The summed E-state index contributed by atoms with van der Waals surface area (Å²) in [4.78, 5) is 6.99. The highest BCUT2D eigenvalue weighted by molar-refractivity contribution is 5.79. The van der Waals surface area contributed by atoms with Gasteiger partial charge in [-0.15, -0.1) is 6.58 Å². The van der Waals surface area contributed by atoms with Gasteiger partial charge in [0.25, 0.3) is 0 Å². The van der Waals surface area contributed by atoms with E-state index in [-0.39, 0.29) is 0 Å². The molecule has 1 unspecified atom stereocenters. The third-order valence-electron chi connectivity index (χ3n) is 4.02. The molecule has 5 nitrogen and oxygen atoms in total. The van der Waals surface area contributed by atoms with Crippen LogP contribution < -0.4 is 5.32 Å². The van der Waals surface area contributed by atoms with Gasteiger partial charge in [-0.3, -0.25) is 4.99 Å². The minimum atomic E-state index is 0.554. The lowest BCUT2D eigenvalue weighted by Crippen LogP contribution is -2.40. The van der Waals surface area contributed by atoms with Crippen LogP contribution >= 0.6 is 0 Å². The lowest BCUT2D eigenvalue weighted by Gasteiger charge is -2.22. The summed E-state index contributed by atoms with van der Waals surface area (Å²) in [5, 5.41) is 3.46. The Labute approximate surface area is 139 Å². The molecule has 0 aromatic carbocycles. The zero-order valence-corrected chi connectivity index (χ0v) is 14.2. The summed E-state index contributed by atoms with van der Waals surface area (Å²) in [5.41, 5.74) is 0. The van der Waals surface area contributed by atoms with E-state index in [1.807, 2.05) is 18.2 Å². The smallest absolute Gasteiger partial charge is 0.193 e. The Balaban J connectivity index is 1.83. The highest BCUT2D eigenvalue weighted by Gasteiger charge is 2.16. The maximum atomic E-state index is 5.43. The molecule has 1 aromatic heterocycles. The number of ether oxygens (including phenoxy) is 1. The molecule has 1 aliphatic heterocycles. The lowest BCUT2D eigenvalue weighted by atomic mass is 10.1. The van der Waals surface area contributed by atoms with Gasteiger partial charge in [0.2, 0.25) is 0 Å². The molecular weight excluding hydrogens is 290 g/mol. The number of furan rings is 1. The maximum absolute atomic E-state index is 5.43. The molecule has 5 heteroatoms. The minimum absolute atomic E-state index is 0.554. The number of nitrogens with one attached hydrogen (secondary N) is 1. The van der Waals surface area contributed by atoms with Gasteiger partial charge in [-0.25, -0.2) is 0 Å². The number of nitrogens with zero attached hydrogens (tertiary/aromatic N) is 2. The number of rotatable bonds is 9. The predicted molar refractivity (Wildman–Crippen MR) is 93.7 cm³/mol. The largest absolute Gasteiger partial charge is 0.469 e. The maximum Gasteiger partial charge on any atom is 0.193 e. The second kappa shape index (κ2) is 10.1. The monoisotopic (exact) mass is 319 g/mol. The Kier molecular flexibility index (Phi) is 7.73. The summed E-state index contributed by atoms with van der Waals surface area (Å²) >= 11 is 0. The zero-order chi connectivity index (χ0) is 16.3. The molecule has 1 saturated heterocycles. The van der Waals surface area contributed by atoms with Crippen LogP contribution in [0.1, 0.15) is 25.0 Å². The molecule has 0 radical (unpaired) electrons. The van der Waals surface area contributed by atoms with Crippen LogP contribution in [0, 0.1) is 5.92 Å². The van der Waals surface area contributed by atoms with Crippen molar-refractivity contribution in [3.63, 3.8) is 0 Å². The molecule has 2 heterocycles. The molecule has 1 fully saturated rings. The molecule has 0 spiro atoms. The molecule has 0 aliphatic carbocycles. The topological polar surface area (TPSA) is 50.0 Å². The van der Waals surface area contributed by atoms with Gasteiger partial charge in [0.05, 0.1) is 12.9 Å². The van der Waals surface area contributed by atoms with E-state index in [0.717, 1.165) is 70.3 Å². The third-order valence-corrected chi connectivity index (χ3v) is 4.02. The quantitative estimate of drug-likeness (QED) is 0.329. The number of unbranched alkanes of at least 4 members (excludes halogenated alkanes) is 1. The molecule has 1 N–H and O–H groups in total. The van der Waals surface area contributed by atoms with Crippen molar-refractivity contribution in [2.24, 2.45) is 10.9 Å². The SMILES string of the molecule is C=CCCCN(C)C(=NCC1CCOC1)NCCc1ccco1. The molecule has 1 atom stereocenters. The van der Waals surface area contributed by atoms with Crippen molar-refractivity contribution in [3.05, 3.63) is 36.8 Å². The molecule has 0 saturated carbocycles. The van der Waals surface area contributed by atoms with Gasteiger partial charge >= 0.3 is 0 Å². The molecule has 23 heavy (non-hydrogen) atoms. The standard InChI is InChI=1S/C18H29N3O2/c1-3-4-5-11-21(2)18(20-14-16-9-13-22-15-16)19-10-8-17-7-6-12-23-17/h3,6-7,12,16H,1,4-5,8-11,13-15H2,2H3,(H,19,20). The Morgan fingerprint density at radius 2 is 2.48 bits per heavy atom. The summed E-state index contributed by atoms with van der Waals surface area (Å²) in [6.45, 7) is 8.11. The van der Waals surface area contributed by atoms with Crippen LogP contribution in [-0.2, 0) is 11.2 Å². The lowest BCUT2D eigenvalue weighted by molar-refractivity contribution is 0.187. The van der Waals surface area contributed by atoms with E-state index in [1.54, 1.807) is 6.26 Å². The summed E-state index contributed by atoms with van der Waals surface area (Å²) in [7, 11) is 2.09. The number of allylic oxidation sites excluding steroid dienone is 1. The first-order valence-electron chi connectivity index (χ1n) is 8.50. The van der Waals surface area contributed by atoms with Gasteiger partial charge in [-0.05, 0) is 31.4 Å². The molecule has 1 aromatic rings. The fourth-order valence-electron chi connectivity index (χ4n) is 2.59. The highest BCUT2D eigenvalue weighted by Crippen LogP contribution is 2.12. The summed E-state index contributed by atoms with van der Waals surface area (Å²) in [5.74, 6) is 2.52. The average molecular weight is 319 g/mol. The van der Waals surface area contributed by atoms with Crippen molar-refractivity contribution in [1.29, 1.82) is 0 Å². The van der Waals surface area contributed by atoms with Crippen LogP contribution in [0.3, 0.4) is 0 Å². The number of hydrogen-bond donors (Lipinski definition) is 1. The first kappa shape index (κ1) is 17.6. The van der Waals surface area contributed by atoms with Gasteiger partial charge in [0.15, 0.2) is 5.96 Å². The average Bonchev–Trinajstić information content (AvgIpc) is 3.24. The van der Waals surface area contributed by atoms with Gasteiger partial charge in [-0.1, -0.05) is 6.08 Å². The van der Waals surface area contributed by atoms with E-state index in [1.165, 1.54) is 0 Å². The second-order valence-electron chi connectivity index (χ2n) is 6.00. The fourth-order valence-corrected chi connectivity index (χ4v) is 2.59. The Morgan fingerprint density at radius 1 is 1.57 bits per heavy atom. The molecule has 128 valence electrons. The van der Waals surface area contributed by atoms with Crippen molar-refractivity contribution >= 4 is 5.96 Å². The molecule has 0 amide bonds. The van der Waals surface area contributed by atoms with Gasteiger partial charge in [0.1, 0.15) is 5.76 Å². The van der Waals surface area contributed by atoms with E-state index in [4.69, 9.17) is 14.1 Å². The van der Waals surface area contributed by atoms with Crippen LogP contribution in [0.25, 0.3) is 0 Å². The predicted octanol–water partition coefficient (Wildman–Crippen LogP) is 2.70. The first-order valence-corrected chi connectivity index (χ1v) is 8.50. The van der Waals surface area contributed by atoms with E-state index in [9.17, 15) is 0 Å². The first-order chi connectivity index (χ1) is 11.3. The Hall–Kier alpha value is -1.75. The van der Waals surface area contributed by atoms with Crippen molar-refractivity contribution < 1.29 is 9.15 Å². The van der Waals surface area contributed by atoms with Crippen LogP contribution in [0.5, 0.6) is 0 Å². The van der Waals surface area contributed by atoms with E-state index < -0.39 is 0 Å². The summed E-state index contributed by atoms with van der Waals surface area (Å²) < 4.78 is 10.8. The van der Waals surface area contributed by atoms with Crippen molar-refractivity contribution in [3.8, 4) is 0 Å². The fraction of sp³-hybridized carbons (Fsp3) is 0.611. The van der Waals surface area contributed by atoms with Gasteiger partial charge in [0, 0.05) is 45.6 Å². The molecular formula is C18H29N3O2. The van der Waals surface area contributed by atoms with E-state index in [2.05, 4.69) is 23.8 Å². The van der Waals surface area contributed by atoms with E-state index >= 15 is 0 Å². The van der Waals surface area contributed by atoms with Crippen LogP contribution in [0.15, 0.2) is 40.5 Å². The second-order valence-corrected chi connectivity index (χ2v) is 6.00. The Morgan fingerprint density at radius 3 is 3.17 bits per heavy atom. The van der Waals surface area contributed by atoms with Crippen molar-refractivity contribution in [2.75, 3.05) is 39.9 Å². The van der Waals surface area contributed by atoms with Crippen molar-refractivity contribution in [1.82, 2.24) is 10.2 Å². The van der Waals surface area contributed by atoms with Crippen LogP contribution in [0.4, 0.5) is 0 Å². The molecule has 0 bridgehead atoms. The molecule has 1 aliphatic rings. The molecule has 2 rings (SSSR count). The summed E-state index contributed by atoms with van der Waals surface area (Å²) in [6, 6.07) is 3.92. The Bertz CT molecular complexity index is 465.